The van der Waals surface area contributed by atoms with Crippen LogP contribution >= 0.6 is 0 Å². The Labute approximate surface area is 157 Å². The molecule has 1 saturated carbocycles. The van der Waals surface area contributed by atoms with Crippen molar-refractivity contribution in [2.24, 2.45) is 11.8 Å². The van der Waals surface area contributed by atoms with E-state index in [0.717, 1.165) is 35.9 Å². The van der Waals surface area contributed by atoms with Crippen molar-refractivity contribution >= 4 is 0 Å². The second kappa shape index (κ2) is 7.64. The summed E-state index contributed by atoms with van der Waals surface area (Å²) in [6.07, 6.45) is 6.48. The van der Waals surface area contributed by atoms with Crippen LogP contribution in [0.2, 0.25) is 0 Å². The Morgan fingerprint density at radius 2 is 1.27 bits per heavy atom. The highest BCUT2D eigenvalue weighted by Crippen LogP contribution is 2.38. The molecule has 134 valence electrons. The lowest BCUT2D eigenvalue weighted by Crippen LogP contribution is -2.35. The summed E-state index contributed by atoms with van der Waals surface area (Å²) >= 11 is 0. The van der Waals surface area contributed by atoms with Crippen molar-refractivity contribution in [2.75, 3.05) is 19.6 Å². The first-order chi connectivity index (χ1) is 12.8. The average molecular weight is 345 g/mol. The Balaban J connectivity index is 1.61. The van der Waals surface area contributed by atoms with Crippen molar-refractivity contribution in [3.8, 4) is 6.07 Å². The fourth-order valence-corrected chi connectivity index (χ4v) is 5.00. The molecule has 3 aliphatic rings. The number of nitriles is 1. The maximum Gasteiger partial charge on any atom is 0.108 e. The molecule has 2 heterocycles. The minimum Gasteiger partial charge on any atom is -0.303 e. The lowest BCUT2D eigenvalue weighted by atomic mass is 9.73. The molecule has 2 aromatic rings. The number of fused-ring (bicyclic) bond motifs is 4. The van der Waals surface area contributed by atoms with Gasteiger partial charge in [0, 0.05) is 19.6 Å². The third-order valence-electron chi connectivity index (χ3n) is 6.53. The van der Waals surface area contributed by atoms with Crippen LogP contribution in [-0.4, -0.2) is 24.5 Å². The van der Waals surface area contributed by atoms with Gasteiger partial charge in [0.25, 0.3) is 0 Å². The maximum absolute atomic E-state index is 10.3. The molecule has 2 saturated heterocycles. The van der Waals surface area contributed by atoms with E-state index < -0.39 is 5.41 Å². The summed E-state index contributed by atoms with van der Waals surface area (Å²) in [5, 5.41) is 10.3. The molecule has 5 rings (SSSR count). The molecular weight excluding hydrogens is 316 g/mol. The molecular formula is C24H28N2. The minimum atomic E-state index is -0.562. The smallest absolute Gasteiger partial charge is 0.108 e. The Morgan fingerprint density at radius 3 is 1.69 bits per heavy atom. The summed E-state index contributed by atoms with van der Waals surface area (Å²) in [7, 11) is 0. The highest BCUT2D eigenvalue weighted by atomic mass is 15.1. The van der Waals surface area contributed by atoms with Crippen molar-refractivity contribution in [1.29, 1.82) is 5.26 Å². The molecule has 2 aromatic carbocycles. The summed E-state index contributed by atoms with van der Waals surface area (Å²) in [6, 6.07) is 23.4. The van der Waals surface area contributed by atoms with Gasteiger partial charge in [-0.1, -0.05) is 60.7 Å². The quantitative estimate of drug-likeness (QED) is 0.762. The molecule has 0 aromatic heterocycles. The summed E-state index contributed by atoms with van der Waals surface area (Å²) < 4.78 is 0. The Morgan fingerprint density at radius 1 is 0.808 bits per heavy atom. The highest BCUT2D eigenvalue weighted by molar-refractivity contribution is 5.45. The van der Waals surface area contributed by atoms with Gasteiger partial charge in [-0.2, -0.15) is 5.26 Å². The molecule has 26 heavy (non-hydrogen) atoms. The molecule has 2 nitrogen and oxygen atoms in total. The van der Waals surface area contributed by atoms with Gasteiger partial charge in [0.15, 0.2) is 0 Å². The summed E-state index contributed by atoms with van der Waals surface area (Å²) in [5.74, 6) is 1.75. The van der Waals surface area contributed by atoms with Gasteiger partial charge in [0.1, 0.15) is 5.41 Å². The van der Waals surface area contributed by atoms with E-state index in [9.17, 15) is 5.26 Å². The Hall–Kier alpha value is -2.11. The Bertz CT molecular complexity index is 685. The van der Waals surface area contributed by atoms with Gasteiger partial charge in [0.05, 0.1) is 6.07 Å². The van der Waals surface area contributed by atoms with Gasteiger partial charge < -0.3 is 4.90 Å². The van der Waals surface area contributed by atoms with Crippen molar-refractivity contribution in [3.05, 3.63) is 71.8 Å². The lowest BCUT2D eigenvalue weighted by Gasteiger charge is -2.31. The fourth-order valence-electron chi connectivity index (χ4n) is 5.00. The standard InChI is InChI=1S/C24H28N2/c25-19-24(22-7-3-1-4-8-22,23-9-5-2-6-10-23)15-16-26-17-20-11-12-21(18-26)14-13-20/h1-10,20-21H,11-18H2. The second-order valence-electron chi connectivity index (χ2n) is 8.15. The van der Waals surface area contributed by atoms with E-state index >= 15 is 0 Å². The molecule has 3 fully saturated rings. The van der Waals surface area contributed by atoms with Gasteiger partial charge in [-0.25, -0.2) is 0 Å². The maximum atomic E-state index is 10.3. The molecule has 0 N–H and O–H groups in total. The predicted octanol–water partition coefficient (Wildman–Crippen LogP) is 5.01. The van der Waals surface area contributed by atoms with Gasteiger partial charge in [0.2, 0.25) is 0 Å². The number of rotatable bonds is 5. The fraction of sp³-hybridized carbons (Fsp3) is 0.458. The molecule has 0 unspecified atom stereocenters. The molecule has 2 heteroatoms. The van der Waals surface area contributed by atoms with Crippen LogP contribution in [0.3, 0.4) is 0 Å². The second-order valence-corrected chi connectivity index (χ2v) is 8.15. The summed E-state index contributed by atoms with van der Waals surface area (Å²) in [6.45, 7) is 3.45. The SMILES string of the molecule is N#CC(CCN1CC2CCC(CC2)C1)(c1ccccc1)c1ccccc1. The van der Waals surface area contributed by atoms with Gasteiger partial charge >= 0.3 is 0 Å². The van der Waals surface area contributed by atoms with Crippen LogP contribution in [0.15, 0.2) is 60.7 Å². The molecule has 2 bridgehead atoms. The van der Waals surface area contributed by atoms with E-state index in [0.29, 0.717) is 0 Å². The van der Waals surface area contributed by atoms with Crippen LogP contribution in [0.1, 0.15) is 43.2 Å². The van der Waals surface area contributed by atoms with E-state index in [4.69, 9.17) is 0 Å². The van der Waals surface area contributed by atoms with Crippen LogP contribution < -0.4 is 0 Å². The molecule has 0 spiro atoms. The monoisotopic (exact) mass is 344 g/mol. The first-order valence-corrected chi connectivity index (χ1v) is 10.0. The zero-order valence-corrected chi connectivity index (χ0v) is 15.5. The van der Waals surface area contributed by atoms with E-state index in [-0.39, 0.29) is 0 Å². The largest absolute Gasteiger partial charge is 0.303 e. The normalized spacial score (nSPS) is 23.3. The molecule has 0 amide bonds. The third kappa shape index (κ3) is 3.41. The number of hydrogen-bond acceptors (Lipinski definition) is 2. The molecule has 0 radical (unpaired) electrons. The van der Waals surface area contributed by atoms with Crippen molar-refractivity contribution < 1.29 is 0 Å². The highest BCUT2D eigenvalue weighted by Gasteiger charge is 2.36. The zero-order valence-electron chi connectivity index (χ0n) is 15.5. The van der Waals surface area contributed by atoms with Crippen LogP contribution in [0.4, 0.5) is 0 Å². The zero-order chi connectivity index (χ0) is 17.8. The number of hydrogen-bond donors (Lipinski definition) is 0. The van der Waals surface area contributed by atoms with E-state index in [2.05, 4.69) is 59.5 Å². The van der Waals surface area contributed by atoms with Crippen LogP contribution in [-0.2, 0) is 5.41 Å². The summed E-state index contributed by atoms with van der Waals surface area (Å²) in [5.41, 5.74) is 1.67. The third-order valence-corrected chi connectivity index (χ3v) is 6.53. The number of nitrogens with zero attached hydrogens (tertiary/aromatic N) is 2. The van der Waals surface area contributed by atoms with Crippen molar-refractivity contribution in [1.82, 2.24) is 4.90 Å². The van der Waals surface area contributed by atoms with Crippen LogP contribution in [0, 0.1) is 23.2 Å². The first-order valence-electron chi connectivity index (χ1n) is 10.0. The lowest BCUT2D eigenvalue weighted by molar-refractivity contribution is 0.239. The summed E-state index contributed by atoms with van der Waals surface area (Å²) in [4.78, 5) is 2.65. The molecule has 2 aliphatic heterocycles. The van der Waals surface area contributed by atoms with Crippen LogP contribution in [0.5, 0.6) is 0 Å². The predicted molar refractivity (Wildman–Crippen MR) is 106 cm³/mol. The van der Waals surface area contributed by atoms with E-state index in [1.165, 1.54) is 38.8 Å². The average Bonchev–Trinajstić information content (AvgIpc) is 3.03. The van der Waals surface area contributed by atoms with E-state index in [1.807, 2.05) is 12.1 Å². The van der Waals surface area contributed by atoms with Crippen molar-refractivity contribution in [2.45, 2.75) is 37.5 Å². The van der Waals surface area contributed by atoms with Gasteiger partial charge in [-0.15, -0.1) is 0 Å². The van der Waals surface area contributed by atoms with Crippen molar-refractivity contribution in [3.63, 3.8) is 0 Å². The molecule has 0 atom stereocenters. The minimum absolute atomic E-state index is 0.562. The first kappa shape index (κ1) is 17.3. The van der Waals surface area contributed by atoms with Gasteiger partial charge in [-0.3, -0.25) is 0 Å². The number of benzene rings is 2. The molecule has 1 aliphatic carbocycles. The van der Waals surface area contributed by atoms with Crippen LogP contribution in [0.25, 0.3) is 0 Å². The Kier molecular flexibility index (Phi) is 5.09. The van der Waals surface area contributed by atoms with Gasteiger partial charge in [-0.05, 0) is 55.1 Å². The van der Waals surface area contributed by atoms with E-state index in [1.54, 1.807) is 0 Å². The topological polar surface area (TPSA) is 27.0 Å².